The van der Waals surface area contributed by atoms with E-state index < -0.39 is 0 Å². The highest BCUT2D eigenvalue weighted by molar-refractivity contribution is 5.79. The van der Waals surface area contributed by atoms with E-state index in [-0.39, 0.29) is 0 Å². The molecular formula is C14H20N4. The first-order valence-electron chi connectivity index (χ1n) is 6.64. The molecule has 1 saturated heterocycles. The number of nitrogens with one attached hydrogen (secondary N) is 1. The van der Waals surface area contributed by atoms with Crippen molar-refractivity contribution < 1.29 is 0 Å². The minimum absolute atomic E-state index is 1.04. The molecule has 1 aromatic heterocycles. The summed E-state index contributed by atoms with van der Waals surface area (Å²) in [5.41, 5.74) is 3.59. The highest BCUT2D eigenvalue weighted by Gasteiger charge is 2.16. The van der Waals surface area contributed by atoms with Crippen LogP contribution in [0.5, 0.6) is 0 Å². The first kappa shape index (κ1) is 11.5. The molecule has 0 saturated carbocycles. The Morgan fingerprint density at radius 3 is 3.00 bits per heavy atom. The molecule has 96 valence electrons. The number of nitrogens with zero attached hydrogens (tertiary/aromatic N) is 3. The van der Waals surface area contributed by atoms with E-state index in [1.165, 1.54) is 17.5 Å². The average molecular weight is 244 g/mol. The molecule has 0 radical (unpaired) electrons. The summed E-state index contributed by atoms with van der Waals surface area (Å²) in [6, 6.07) is 6.48. The van der Waals surface area contributed by atoms with Gasteiger partial charge in [0, 0.05) is 26.7 Å². The number of rotatable bonds is 1. The largest absolute Gasteiger partial charge is 0.341 e. The van der Waals surface area contributed by atoms with Crippen LogP contribution in [-0.4, -0.2) is 35.7 Å². The molecule has 1 aliphatic rings. The molecule has 0 spiro atoms. The van der Waals surface area contributed by atoms with E-state index >= 15 is 0 Å². The van der Waals surface area contributed by atoms with Gasteiger partial charge in [0.1, 0.15) is 0 Å². The molecule has 2 heterocycles. The van der Waals surface area contributed by atoms with Gasteiger partial charge in [0.25, 0.3) is 0 Å². The van der Waals surface area contributed by atoms with E-state index in [9.17, 15) is 0 Å². The maximum absolute atomic E-state index is 4.80. The topological polar surface area (TPSA) is 33.1 Å². The molecule has 2 aromatic rings. The van der Waals surface area contributed by atoms with Gasteiger partial charge in [-0.1, -0.05) is 6.07 Å². The number of benzene rings is 1. The monoisotopic (exact) mass is 244 g/mol. The van der Waals surface area contributed by atoms with Crippen LogP contribution in [0.4, 0.5) is 5.95 Å². The Labute approximate surface area is 108 Å². The fraction of sp³-hybridized carbons (Fsp3) is 0.500. The molecule has 0 atom stereocenters. The van der Waals surface area contributed by atoms with E-state index in [4.69, 9.17) is 4.98 Å². The number of hydrogen-bond acceptors (Lipinski definition) is 3. The molecule has 4 heteroatoms. The van der Waals surface area contributed by atoms with Gasteiger partial charge in [-0.05, 0) is 37.6 Å². The molecule has 1 aromatic carbocycles. The molecule has 0 bridgehead atoms. The zero-order chi connectivity index (χ0) is 12.5. The van der Waals surface area contributed by atoms with E-state index in [1.807, 2.05) is 0 Å². The van der Waals surface area contributed by atoms with Crippen LogP contribution >= 0.6 is 0 Å². The fourth-order valence-corrected chi connectivity index (χ4v) is 2.63. The average Bonchev–Trinajstić information content (AvgIpc) is 2.57. The predicted octanol–water partition coefficient (Wildman–Crippen LogP) is 1.68. The maximum Gasteiger partial charge on any atom is 0.206 e. The molecule has 0 amide bonds. The predicted molar refractivity (Wildman–Crippen MR) is 75.2 cm³/mol. The Balaban J connectivity index is 2.02. The molecule has 1 fully saturated rings. The van der Waals surface area contributed by atoms with Crippen molar-refractivity contribution in [1.29, 1.82) is 0 Å². The summed E-state index contributed by atoms with van der Waals surface area (Å²) in [7, 11) is 2.11. The second-order valence-corrected chi connectivity index (χ2v) is 5.05. The van der Waals surface area contributed by atoms with Crippen LogP contribution in [0.3, 0.4) is 0 Å². The second-order valence-electron chi connectivity index (χ2n) is 5.05. The Morgan fingerprint density at radius 1 is 1.22 bits per heavy atom. The molecule has 1 N–H and O–H groups in total. The quantitative estimate of drug-likeness (QED) is 0.828. The molecule has 1 aliphatic heterocycles. The summed E-state index contributed by atoms with van der Waals surface area (Å²) < 4.78 is 2.21. The zero-order valence-electron chi connectivity index (χ0n) is 11.1. The van der Waals surface area contributed by atoms with Crippen molar-refractivity contribution in [2.45, 2.75) is 13.3 Å². The number of aromatic nitrogens is 2. The Kier molecular flexibility index (Phi) is 2.96. The normalized spacial score (nSPS) is 17.1. The van der Waals surface area contributed by atoms with Gasteiger partial charge < -0.3 is 14.8 Å². The van der Waals surface area contributed by atoms with Crippen LogP contribution < -0.4 is 10.2 Å². The highest BCUT2D eigenvalue weighted by Crippen LogP contribution is 2.22. The first-order valence-corrected chi connectivity index (χ1v) is 6.64. The summed E-state index contributed by atoms with van der Waals surface area (Å²) in [5, 5.41) is 3.43. The lowest BCUT2D eigenvalue weighted by Crippen LogP contribution is -2.29. The van der Waals surface area contributed by atoms with Crippen molar-refractivity contribution in [2.24, 2.45) is 7.05 Å². The summed E-state index contributed by atoms with van der Waals surface area (Å²) in [4.78, 5) is 7.18. The van der Waals surface area contributed by atoms with E-state index in [2.05, 4.69) is 47.0 Å². The molecule has 0 aliphatic carbocycles. The second kappa shape index (κ2) is 4.61. The molecule has 4 nitrogen and oxygen atoms in total. The molecule has 0 unspecified atom stereocenters. The van der Waals surface area contributed by atoms with Crippen LogP contribution in [0.2, 0.25) is 0 Å². The number of imidazole rings is 1. The van der Waals surface area contributed by atoms with Crippen LogP contribution in [0.15, 0.2) is 18.2 Å². The number of hydrogen-bond donors (Lipinski definition) is 1. The smallest absolute Gasteiger partial charge is 0.206 e. The maximum atomic E-state index is 4.80. The zero-order valence-corrected chi connectivity index (χ0v) is 11.1. The third-order valence-corrected chi connectivity index (χ3v) is 3.64. The van der Waals surface area contributed by atoms with Gasteiger partial charge in [0.15, 0.2) is 0 Å². The molecule has 3 rings (SSSR count). The van der Waals surface area contributed by atoms with Crippen LogP contribution in [0, 0.1) is 6.92 Å². The van der Waals surface area contributed by atoms with E-state index in [0.717, 1.165) is 37.6 Å². The van der Waals surface area contributed by atoms with Gasteiger partial charge in [-0.3, -0.25) is 0 Å². The lowest BCUT2D eigenvalue weighted by Gasteiger charge is -2.20. The Hall–Kier alpha value is -1.55. The molecule has 18 heavy (non-hydrogen) atoms. The summed E-state index contributed by atoms with van der Waals surface area (Å²) >= 11 is 0. The third-order valence-electron chi connectivity index (χ3n) is 3.64. The van der Waals surface area contributed by atoms with Crippen LogP contribution in [0.1, 0.15) is 12.0 Å². The number of fused-ring (bicyclic) bond motifs is 1. The fourth-order valence-electron chi connectivity index (χ4n) is 2.63. The SMILES string of the molecule is Cc1ccc2c(c1)nc(N1CCCNCC1)n2C. The standard InChI is InChI=1S/C14H20N4/c1-11-4-5-13-12(10-11)16-14(17(13)2)18-8-3-6-15-7-9-18/h4-5,10,15H,3,6-9H2,1-2H3. The summed E-state index contributed by atoms with van der Waals surface area (Å²) in [6.45, 7) is 6.39. The van der Waals surface area contributed by atoms with E-state index in [0.29, 0.717) is 0 Å². The van der Waals surface area contributed by atoms with Gasteiger partial charge in [-0.2, -0.15) is 0 Å². The lowest BCUT2D eigenvalue weighted by atomic mass is 10.2. The number of anilines is 1. The minimum atomic E-state index is 1.04. The summed E-state index contributed by atoms with van der Waals surface area (Å²) in [6.07, 6.45) is 1.18. The first-order chi connectivity index (χ1) is 8.75. The third kappa shape index (κ3) is 1.97. The number of aryl methyl sites for hydroxylation is 2. The summed E-state index contributed by atoms with van der Waals surface area (Å²) in [5.74, 6) is 1.10. The van der Waals surface area contributed by atoms with Crippen molar-refractivity contribution in [2.75, 3.05) is 31.1 Å². The lowest BCUT2D eigenvalue weighted by molar-refractivity contribution is 0.724. The van der Waals surface area contributed by atoms with Gasteiger partial charge in [0.05, 0.1) is 11.0 Å². The van der Waals surface area contributed by atoms with E-state index in [1.54, 1.807) is 0 Å². The van der Waals surface area contributed by atoms with Crippen LogP contribution in [-0.2, 0) is 7.05 Å². The van der Waals surface area contributed by atoms with Crippen molar-refractivity contribution in [1.82, 2.24) is 14.9 Å². The van der Waals surface area contributed by atoms with Crippen molar-refractivity contribution >= 4 is 17.0 Å². The van der Waals surface area contributed by atoms with Gasteiger partial charge >= 0.3 is 0 Å². The van der Waals surface area contributed by atoms with Crippen LogP contribution in [0.25, 0.3) is 11.0 Å². The van der Waals surface area contributed by atoms with Crippen molar-refractivity contribution in [3.05, 3.63) is 23.8 Å². The molecular weight excluding hydrogens is 224 g/mol. The Bertz CT molecular complexity index is 550. The van der Waals surface area contributed by atoms with Gasteiger partial charge in [0.2, 0.25) is 5.95 Å². The minimum Gasteiger partial charge on any atom is -0.341 e. The van der Waals surface area contributed by atoms with Gasteiger partial charge in [-0.25, -0.2) is 4.98 Å². The van der Waals surface area contributed by atoms with Crippen molar-refractivity contribution in [3.63, 3.8) is 0 Å². The van der Waals surface area contributed by atoms with Gasteiger partial charge in [-0.15, -0.1) is 0 Å². The highest BCUT2D eigenvalue weighted by atomic mass is 15.3. The van der Waals surface area contributed by atoms with Crippen molar-refractivity contribution in [3.8, 4) is 0 Å². The Morgan fingerprint density at radius 2 is 2.11 bits per heavy atom.